The highest BCUT2D eigenvalue weighted by Crippen LogP contribution is 2.18. The Kier molecular flexibility index (Phi) is 3.66. The Morgan fingerprint density at radius 3 is 2.59 bits per heavy atom. The third-order valence-corrected chi connectivity index (χ3v) is 3.40. The Morgan fingerprint density at radius 1 is 0.955 bits per heavy atom. The molecule has 0 spiro atoms. The summed E-state index contributed by atoms with van der Waals surface area (Å²) in [6.07, 6.45) is 1.71. The second kappa shape index (κ2) is 5.77. The van der Waals surface area contributed by atoms with Gasteiger partial charge >= 0.3 is 0 Å². The van der Waals surface area contributed by atoms with Crippen molar-refractivity contribution >= 4 is 28.3 Å². The first-order valence-corrected chi connectivity index (χ1v) is 6.90. The van der Waals surface area contributed by atoms with Crippen LogP contribution in [0, 0.1) is 0 Å². The zero-order valence-corrected chi connectivity index (χ0v) is 12.0. The molecule has 0 atom stereocenters. The molecule has 0 radical (unpaired) electrons. The molecule has 0 unspecified atom stereocenters. The van der Waals surface area contributed by atoms with Crippen molar-refractivity contribution < 1.29 is 9.59 Å². The molecule has 0 bridgehead atoms. The van der Waals surface area contributed by atoms with Crippen LogP contribution in [0.15, 0.2) is 60.8 Å². The van der Waals surface area contributed by atoms with Gasteiger partial charge < -0.3 is 5.32 Å². The number of carbonyl (C=O) groups is 2. The molecule has 4 nitrogen and oxygen atoms in total. The number of ketones is 1. The van der Waals surface area contributed by atoms with Crippen molar-refractivity contribution in [2.24, 2.45) is 0 Å². The van der Waals surface area contributed by atoms with Crippen LogP contribution in [0.5, 0.6) is 0 Å². The Bertz CT molecular complexity index is 872. The van der Waals surface area contributed by atoms with E-state index in [4.69, 9.17) is 0 Å². The molecule has 108 valence electrons. The molecule has 3 aromatic rings. The molecule has 2 aromatic carbocycles. The summed E-state index contributed by atoms with van der Waals surface area (Å²) in [6, 6.07) is 16.1. The Hall–Kier alpha value is -3.01. The lowest BCUT2D eigenvalue weighted by Gasteiger charge is -2.07. The minimum atomic E-state index is -0.251. The minimum absolute atomic E-state index is 0.0652. The lowest BCUT2D eigenvalue weighted by molar-refractivity contribution is 0.101. The van der Waals surface area contributed by atoms with Crippen molar-refractivity contribution in [3.8, 4) is 0 Å². The molecule has 0 aliphatic carbocycles. The number of amides is 1. The molecule has 1 amide bonds. The van der Waals surface area contributed by atoms with Gasteiger partial charge in [0.1, 0.15) is 0 Å². The molecule has 4 heteroatoms. The average molecular weight is 290 g/mol. The maximum Gasteiger partial charge on any atom is 0.255 e. The second-order valence-corrected chi connectivity index (χ2v) is 5.00. The molecule has 0 aliphatic heterocycles. The summed E-state index contributed by atoms with van der Waals surface area (Å²) >= 11 is 0. The maximum atomic E-state index is 12.3. The van der Waals surface area contributed by atoms with Crippen LogP contribution >= 0.6 is 0 Å². The molecule has 0 saturated heterocycles. The molecule has 0 saturated carbocycles. The summed E-state index contributed by atoms with van der Waals surface area (Å²) < 4.78 is 0. The standard InChI is InChI=1S/C18H14N2O2/c1-12(21)14-4-2-5-15(10-14)18(22)20-16-8-7-13-6-3-9-19-17(13)11-16/h2-11H,1H3,(H,20,22). The van der Waals surface area contributed by atoms with E-state index in [1.807, 2.05) is 30.3 Å². The number of benzene rings is 2. The number of pyridine rings is 1. The van der Waals surface area contributed by atoms with Crippen molar-refractivity contribution in [3.05, 3.63) is 71.9 Å². The molecule has 3 rings (SSSR count). The van der Waals surface area contributed by atoms with Gasteiger partial charge in [0.2, 0.25) is 0 Å². The highest BCUT2D eigenvalue weighted by molar-refractivity contribution is 6.06. The van der Waals surface area contributed by atoms with Gasteiger partial charge in [-0.2, -0.15) is 0 Å². The smallest absolute Gasteiger partial charge is 0.255 e. The van der Waals surface area contributed by atoms with Crippen molar-refractivity contribution in [1.29, 1.82) is 0 Å². The fourth-order valence-corrected chi connectivity index (χ4v) is 2.23. The van der Waals surface area contributed by atoms with E-state index in [2.05, 4.69) is 10.3 Å². The highest BCUT2D eigenvalue weighted by Gasteiger charge is 2.09. The van der Waals surface area contributed by atoms with Crippen molar-refractivity contribution in [1.82, 2.24) is 4.98 Å². The van der Waals surface area contributed by atoms with Gasteiger partial charge in [-0.15, -0.1) is 0 Å². The molecule has 0 fully saturated rings. The van der Waals surface area contributed by atoms with E-state index in [0.29, 0.717) is 16.8 Å². The lowest BCUT2D eigenvalue weighted by Crippen LogP contribution is -2.12. The predicted molar refractivity (Wildman–Crippen MR) is 86.1 cm³/mol. The molecule has 22 heavy (non-hydrogen) atoms. The second-order valence-electron chi connectivity index (χ2n) is 5.00. The largest absolute Gasteiger partial charge is 0.322 e. The first-order valence-electron chi connectivity index (χ1n) is 6.90. The number of hydrogen-bond acceptors (Lipinski definition) is 3. The molecule has 1 N–H and O–H groups in total. The normalized spacial score (nSPS) is 10.4. The van der Waals surface area contributed by atoms with Crippen LogP contribution in [-0.2, 0) is 0 Å². The number of Topliss-reactive ketones (excluding diaryl/α,β-unsaturated/α-hetero) is 1. The topological polar surface area (TPSA) is 59.1 Å². The van der Waals surface area contributed by atoms with E-state index < -0.39 is 0 Å². The summed E-state index contributed by atoms with van der Waals surface area (Å²) in [6.45, 7) is 1.48. The van der Waals surface area contributed by atoms with Crippen molar-refractivity contribution in [2.75, 3.05) is 5.32 Å². The zero-order chi connectivity index (χ0) is 15.5. The fourth-order valence-electron chi connectivity index (χ4n) is 2.23. The molecule has 0 aliphatic rings. The zero-order valence-electron chi connectivity index (χ0n) is 12.0. The number of rotatable bonds is 3. The van der Waals surface area contributed by atoms with Gasteiger partial charge in [0.25, 0.3) is 5.91 Å². The summed E-state index contributed by atoms with van der Waals surface area (Å²) in [5.74, 6) is -0.317. The maximum absolute atomic E-state index is 12.3. The summed E-state index contributed by atoms with van der Waals surface area (Å²) in [5, 5.41) is 3.84. The molecular formula is C18H14N2O2. The highest BCUT2D eigenvalue weighted by atomic mass is 16.1. The van der Waals surface area contributed by atoms with Crippen LogP contribution in [0.1, 0.15) is 27.6 Å². The average Bonchev–Trinajstić information content (AvgIpc) is 2.55. The van der Waals surface area contributed by atoms with Gasteiger partial charge in [0.05, 0.1) is 5.52 Å². The SMILES string of the molecule is CC(=O)c1cccc(C(=O)Nc2ccc3cccnc3c2)c1. The fraction of sp³-hybridized carbons (Fsp3) is 0.0556. The molecule has 1 heterocycles. The van der Waals surface area contributed by atoms with Gasteiger partial charge in [-0.05, 0) is 37.3 Å². The number of aromatic nitrogens is 1. The Balaban J connectivity index is 1.86. The molecular weight excluding hydrogens is 276 g/mol. The van der Waals surface area contributed by atoms with Gasteiger partial charge in [-0.3, -0.25) is 14.6 Å². The lowest BCUT2D eigenvalue weighted by atomic mass is 10.1. The van der Waals surface area contributed by atoms with Crippen LogP contribution < -0.4 is 5.32 Å². The minimum Gasteiger partial charge on any atom is -0.322 e. The van der Waals surface area contributed by atoms with E-state index in [1.165, 1.54) is 6.92 Å². The summed E-state index contributed by atoms with van der Waals surface area (Å²) in [5.41, 5.74) is 2.46. The van der Waals surface area contributed by atoms with Crippen LogP contribution in [0.4, 0.5) is 5.69 Å². The first-order chi connectivity index (χ1) is 10.6. The van der Waals surface area contributed by atoms with Gasteiger partial charge in [-0.25, -0.2) is 0 Å². The van der Waals surface area contributed by atoms with Gasteiger partial charge in [0, 0.05) is 28.4 Å². The number of nitrogens with one attached hydrogen (secondary N) is 1. The number of hydrogen-bond donors (Lipinski definition) is 1. The van der Waals surface area contributed by atoms with Gasteiger partial charge in [-0.1, -0.05) is 24.3 Å². The third-order valence-electron chi connectivity index (χ3n) is 3.40. The third kappa shape index (κ3) is 2.86. The van der Waals surface area contributed by atoms with Crippen LogP contribution in [0.3, 0.4) is 0 Å². The molecule has 1 aromatic heterocycles. The van der Waals surface area contributed by atoms with Crippen LogP contribution in [0.25, 0.3) is 10.9 Å². The Morgan fingerprint density at radius 2 is 1.77 bits per heavy atom. The quantitative estimate of drug-likeness (QED) is 0.748. The predicted octanol–water partition coefficient (Wildman–Crippen LogP) is 3.69. The van der Waals surface area contributed by atoms with E-state index in [0.717, 1.165) is 10.9 Å². The summed E-state index contributed by atoms with van der Waals surface area (Å²) in [7, 11) is 0. The van der Waals surface area contributed by atoms with E-state index in [-0.39, 0.29) is 11.7 Å². The first kappa shape index (κ1) is 13.9. The van der Waals surface area contributed by atoms with E-state index >= 15 is 0 Å². The summed E-state index contributed by atoms with van der Waals surface area (Å²) in [4.78, 5) is 27.9. The van der Waals surface area contributed by atoms with Gasteiger partial charge in [0.15, 0.2) is 5.78 Å². The number of carbonyl (C=O) groups excluding carboxylic acids is 2. The van der Waals surface area contributed by atoms with Crippen molar-refractivity contribution in [3.63, 3.8) is 0 Å². The van der Waals surface area contributed by atoms with Crippen LogP contribution in [-0.4, -0.2) is 16.7 Å². The van der Waals surface area contributed by atoms with Crippen LogP contribution in [0.2, 0.25) is 0 Å². The number of anilines is 1. The number of fused-ring (bicyclic) bond motifs is 1. The monoisotopic (exact) mass is 290 g/mol. The van der Waals surface area contributed by atoms with E-state index in [1.54, 1.807) is 30.5 Å². The van der Waals surface area contributed by atoms with Crippen molar-refractivity contribution in [2.45, 2.75) is 6.92 Å². The van der Waals surface area contributed by atoms with E-state index in [9.17, 15) is 9.59 Å². The number of nitrogens with zero attached hydrogens (tertiary/aromatic N) is 1. The Labute approximate surface area is 127 Å².